The summed E-state index contributed by atoms with van der Waals surface area (Å²) in [6.07, 6.45) is 1.06. The largest absolute Gasteiger partial charge is 0.444 e. The van der Waals surface area contributed by atoms with Gasteiger partial charge in [-0.15, -0.1) is 0 Å². The van der Waals surface area contributed by atoms with E-state index in [0.29, 0.717) is 39.0 Å². The van der Waals surface area contributed by atoms with Crippen molar-refractivity contribution in [2.24, 2.45) is 0 Å². The second-order valence-electron chi connectivity index (χ2n) is 6.80. The first-order valence-electron chi connectivity index (χ1n) is 7.48. The summed E-state index contributed by atoms with van der Waals surface area (Å²) in [5, 5.41) is 0. The number of carbonyl (C=O) groups excluding carboxylic acids is 2. The molecule has 1 spiro atoms. The van der Waals surface area contributed by atoms with Crippen molar-refractivity contribution in [3.8, 4) is 0 Å². The van der Waals surface area contributed by atoms with E-state index >= 15 is 0 Å². The van der Waals surface area contributed by atoms with Gasteiger partial charge in [-0.3, -0.25) is 4.79 Å². The zero-order valence-corrected chi connectivity index (χ0v) is 13.3. The molecule has 0 radical (unpaired) electrons. The number of carbonyl (C=O) groups is 2. The first-order valence-corrected chi connectivity index (χ1v) is 7.48. The summed E-state index contributed by atoms with van der Waals surface area (Å²) < 4.78 is 16.9. The predicted octanol–water partition coefficient (Wildman–Crippen LogP) is 2.11. The minimum Gasteiger partial charge on any atom is -0.444 e. The minimum atomic E-state index is -0.626. The molecule has 21 heavy (non-hydrogen) atoms. The number of nitrogens with zero attached hydrogens (tertiary/aromatic N) is 1. The normalized spacial score (nSPS) is 25.1. The van der Waals surface area contributed by atoms with Crippen molar-refractivity contribution in [3.63, 3.8) is 0 Å². The Labute approximate surface area is 125 Å². The van der Waals surface area contributed by atoms with Crippen LogP contribution in [0.25, 0.3) is 0 Å². The quantitative estimate of drug-likeness (QED) is 0.781. The third-order valence-electron chi connectivity index (χ3n) is 3.69. The van der Waals surface area contributed by atoms with Gasteiger partial charge in [0.25, 0.3) is 0 Å². The summed E-state index contributed by atoms with van der Waals surface area (Å²) in [4.78, 5) is 25.5. The SMILES string of the molecule is CC(=O)C[C@@H]1CC2(CCN1C(=O)OC(C)(C)C)OCCO2. The molecule has 120 valence electrons. The van der Waals surface area contributed by atoms with E-state index in [1.807, 2.05) is 20.8 Å². The molecule has 0 N–H and O–H groups in total. The fourth-order valence-corrected chi connectivity index (χ4v) is 2.88. The molecule has 0 bridgehead atoms. The number of ketones is 1. The van der Waals surface area contributed by atoms with E-state index in [4.69, 9.17) is 14.2 Å². The summed E-state index contributed by atoms with van der Waals surface area (Å²) in [5.41, 5.74) is -0.548. The number of hydrogen-bond donors (Lipinski definition) is 0. The molecule has 0 aromatic heterocycles. The van der Waals surface area contributed by atoms with Gasteiger partial charge < -0.3 is 19.1 Å². The lowest BCUT2D eigenvalue weighted by molar-refractivity contribution is -0.194. The van der Waals surface area contributed by atoms with Crippen LogP contribution >= 0.6 is 0 Å². The summed E-state index contributed by atoms with van der Waals surface area (Å²) in [5.74, 6) is -0.581. The van der Waals surface area contributed by atoms with Gasteiger partial charge in [-0.25, -0.2) is 4.79 Å². The van der Waals surface area contributed by atoms with Crippen molar-refractivity contribution >= 4 is 11.9 Å². The summed E-state index contributed by atoms with van der Waals surface area (Å²) in [7, 11) is 0. The molecule has 0 aromatic carbocycles. The number of piperidine rings is 1. The fraction of sp³-hybridized carbons (Fsp3) is 0.867. The van der Waals surface area contributed by atoms with Crippen molar-refractivity contribution in [2.75, 3.05) is 19.8 Å². The van der Waals surface area contributed by atoms with Crippen LogP contribution in [0.1, 0.15) is 47.0 Å². The van der Waals surface area contributed by atoms with Gasteiger partial charge >= 0.3 is 6.09 Å². The van der Waals surface area contributed by atoms with Crippen LogP contribution in [0.4, 0.5) is 4.79 Å². The predicted molar refractivity (Wildman–Crippen MR) is 75.9 cm³/mol. The molecule has 0 saturated carbocycles. The molecule has 2 saturated heterocycles. The summed E-state index contributed by atoms with van der Waals surface area (Å²) >= 11 is 0. The van der Waals surface area contributed by atoms with Gasteiger partial charge in [-0.2, -0.15) is 0 Å². The first-order chi connectivity index (χ1) is 9.71. The van der Waals surface area contributed by atoms with Crippen molar-refractivity contribution in [3.05, 3.63) is 0 Å². The molecule has 6 heteroatoms. The highest BCUT2D eigenvalue weighted by molar-refractivity contribution is 5.77. The Kier molecular flexibility index (Phi) is 4.58. The second kappa shape index (κ2) is 5.93. The van der Waals surface area contributed by atoms with Crippen LogP contribution in [0.2, 0.25) is 0 Å². The molecule has 0 aromatic rings. The van der Waals surface area contributed by atoms with E-state index in [2.05, 4.69) is 0 Å². The second-order valence-corrected chi connectivity index (χ2v) is 6.80. The van der Waals surface area contributed by atoms with Crippen molar-refractivity contribution in [1.29, 1.82) is 0 Å². The van der Waals surface area contributed by atoms with E-state index in [1.165, 1.54) is 6.92 Å². The maximum atomic E-state index is 12.3. The van der Waals surface area contributed by atoms with Gasteiger partial charge in [0.1, 0.15) is 11.4 Å². The van der Waals surface area contributed by atoms with Gasteiger partial charge in [0, 0.05) is 31.8 Å². The number of likely N-dealkylation sites (tertiary alicyclic amines) is 1. The molecule has 6 nitrogen and oxygen atoms in total. The molecule has 2 heterocycles. The number of Topliss-reactive ketones (excluding diaryl/α,β-unsaturated/α-hetero) is 1. The lowest BCUT2D eigenvalue weighted by Gasteiger charge is -2.43. The zero-order valence-electron chi connectivity index (χ0n) is 13.3. The Morgan fingerprint density at radius 1 is 1.29 bits per heavy atom. The van der Waals surface area contributed by atoms with E-state index in [9.17, 15) is 9.59 Å². The van der Waals surface area contributed by atoms with Crippen LogP contribution < -0.4 is 0 Å². The molecule has 2 aliphatic heterocycles. The molecule has 2 fully saturated rings. The van der Waals surface area contributed by atoms with Crippen LogP contribution in [0.3, 0.4) is 0 Å². The molecule has 1 atom stereocenters. The van der Waals surface area contributed by atoms with Crippen molar-refractivity contribution in [2.45, 2.75) is 64.4 Å². The highest BCUT2D eigenvalue weighted by atomic mass is 16.7. The fourth-order valence-electron chi connectivity index (χ4n) is 2.88. The molecule has 1 amide bonds. The monoisotopic (exact) mass is 299 g/mol. The molecule has 0 aliphatic carbocycles. The van der Waals surface area contributed by atoms with E-state index in [-0.39, 0.29) is 17.9 Å². The molecule has 2 aliphatic rings. The average molecular weight is 299 g/mol. The van der Waals surface area contributed by atoms with Crippen molar-refractivity contribution in [1.82, 2.24) is 4.90 Å². The van der Waals surface area contributed by atoms with E-state index in [1.54, 1.807) is 4.90 Å². The van der Waals surface area contributed by atoms with Crippen LogP contribution in [0.5, 0.6) is 0 Å². The smallest absolute Gasteiger partial charge is 0.410 e. The first kappa shape index (κ1) is 16.2. The number of amides is 1. The average Bonchev–Trinajstić information content (AvgIpc) is 2.74. The van der Waals surface area contributed by atoms with Crippen LogP contribution in [0.15, 0.2) is 0 Å². The molecule has 2 rings (SSSR count). The van der Waals surface area contributed by atoms with Crippen LogP contribution in [-0.2, 0) is 19.0 Å². The molecular weight excluding hydrogens is 274 g/mol. The molecular formula is C15H25NO5. The topological polar surface area (TPSA) is 65.1 Å². The Morgan fingerprint density at radius 2 is 1.90 bits per heavy atom. The lowest BCUT2D eigenvalue weighted by atomic mass is 9.93. The third-order valence-corrected chi connectivity index (χ3v) is 3.69. The van der Waals surface area contributed by atoms with Crippen LogP contribution in [0, 0.1) is 0 Å². The molecule has 0 unspecified atom stereocenters. The van der Waals surface area contributed by atoms with E-state index in [0.717, 1.165) is 0 Å². The summed E-state index contributed by atoms with van der Waals surface area (Å²) in [6, 6.07) is -0.232. The zero-order chi connectivity index (χ0) is 15.7. The van der Waals surface area contributed by atoms with Gasteiger partial charge in [0.05, 0.1) is 13.2 Å². The maximum Gasteiger partial charge on any atom is 0.410 e. The maximum absolute atomic E-state index is 12.3. The van der Waals surface area contributed by atoms with Gasteiger partial charge in [-0.1, -0.05) is 0 Å². The summed E-state index contributed by atoms with van der Waals surface area (Å²) in [6.45, 7) is 8.65. The van der Waals surface area contributed by atoms with Crippen LogP contribution in [-0.4, -0.2) is 54.0 Å². The Hall–Kier alpha value is -1.14. The Morgan fingerprint density at radius 3 is 2.43 bits per heavy atom. The van der Waals surface area contributed by atoms with Gasteiger partial charge in [0.15, 0.2) is 5.79 Å². The van der Waals surface area contributed by atoms with Gasteiger partial charge in [0.2, 0.25) is 0 Å². The standard InChI is InChI=1S/C15H25NO5/c1-11(17)9-12-10-15(19-7-8-20-15)5-6-16(12)13(18)21-14(2,3)4/h12H,5-10H2,1-4H3/t12-/m1/s1. The highest BCUT2D eigenvalue weighted by Gasteiger charge is 2.46. The number of ether oxygens (including phenoxy) is 3. The Bertz CT molecular complexity index is 409. The third kappa shape index (κ3) is 4.17. The Balaban J connectivity index is 2.09. The lowest BCUT2D eigenvalue weighted by Crippen LogP contribution is -2.54. The highest BCUT2D eigenvalue weighted by Crippen LogP contribution is 2.36. The number of hydrogen-bond acceptors (Lipinski definition) is 5. The van der Waals surface area contributed by atoms with E-state index < -0.39 is 11.4 Å². The minimum absolute atomic E-state index is 0.0450. The van der Waals surface area contributed by atoms with Gasteiger partial charge in [-0.05, 0) is 27.7 Å². The number of rotatable bonds is 2. The van der Waals surface area contributed by atoms with Crippen molar-refractivity contribution < 1.29 is 23.8 Å².